The summed E-state index contributed by atoms with van der Waals surface area (Å²) in [5.41, 5.74) is 3.42. The van der Waals surface area contributed by atoms with E-state index in [1.165, 1.54) is 0 Å². The smallest absolute Gasteiger partial charge is 0.249 e. The first-order chi connectivity index (χ1) is 11.0. The number of halogens is 1. The highest BCUT2D eigenvalue weighted by molar-refractivity contribution is 6.32. The summed E-state index contributed by atoms with van der Waals surface area (Å²) in [7, 11) is 0. The van der Waals surface area contributed by atoms with Crippen LogP contribution in [0.25, 0.3) is 0 Å². The minimum absolute atomic E-state index is 0.0618. The predicted octanol–water partition coefficient (Wildman–Crippen LogP) is 4.54. The van der Waals surface area contributed by atoms with Gasteiger partial charge in [-0.2, -0.15) is 0 Å². The Kier molecular flexibility index (Phi) is 4.49. The number of nitrogens with one attached hydrogen (secondary N) is 1. The highest BCUT2D eigenvalue weighted by atomic mass is 35.5. The van der Waals surface area contributed by atoms with Crippen molar-refractivity contribution in [2.24, 2.45) is 10.9 Å². The fraction of sp³-hybridized carbons (Fsp3) is 0.263. The van der Waals surface area contributed by atoms with Gasteiger partial charge >= 0.3 is 0 Å². The lowest BCUT2D eigenvalue weighted by atomic mass is 10.00. The molecule has 0 spiro atoms. The lowest BCUT2D eigenvalue weighted by Gasteiger charge is -2.13. The van der Waals surface area contributed by atoms with Crippen LogP contribution in [-0.4, -0.2) is 17.7 Å². The normalized spacial score (nSPS) is 17.3. The molecular formula is C19H19ClN2O. The molecule has 1 N–H and O–H groups in total. The molecule has 2 aromatic rings. The van der Waals surface area contributed by atoms with Crippen molar-refractivity contribution >= 4 is 28.9 Å². The van der Waals surface area contributed by atoms with Crippen molar-refractivity contribution in [1.82, 2.24) is 0 Å². The van der Waals surface area contributed by atoms with Gasteiger partial charge in [0.25, 0.3) is 0 Å². The number of nitrogens with zero attached hydrogens (tertiary/aromatic N) is 1. The lowest BCUT2D eigenvalue weighted by molar-refractivity contribution is -0.117. The van der Waals surface area contributed by atoms with E-state index in [1.54, 1.807) is 6.07 Å². The van der Waals surface area contributed by atoms with E-state index < -0.39 is 6.04 Å². The predicted molar refractivity (Wildman–Crippen MR) is 95.4 cm³/mol. The second-order valence-electron chi connectivity index (χ2n) is 6.17. The highest BCUT2D eigenvalue weighted by Crippen LogP contribution is 2.28. The standard InChI is InChI=1S/C19H19ClN2O/c1-12(2)10-17-19(23)22-16-9-8-14(20)11-15(16)18(21-17)13-6-4-3-5-7-13/h3-9,11-12,17H,10H2,1-2H3,(H,22,23)/t17-/m0/s1. The zero-order chi connectivity index (χ0) is 16.4. The summed E-state index contributed by atoms with van der Waals surface area (Å²) in [6.45, 7) is 4.19. The lowest BCUT2D eigenvalue weighted by Crippen LogP contribution is -2.26. The minimum Gasteiger partial charge on any atom is -0.324 e. The molecule has 0 bridgehead atoms. The van der Waals surface area contributed by atoms with Crippen molar-refractivity contribution < 1.29 is 4.79 Å². The Hall–Kier alpha value is -2.13. The molecule has 0 aromatic heterocycles. The first-order valence-electron chi connectivity index (χ1n) is 7.78. The summed E-state index contributed by atoms with van der Waals surface area (Å²) >= 11 is 6.17. The number of aliphatic imine (C=N–C) groups is 1. The third kappa shape index (κ3) is 3.45. The molecule has 0 radical (unpaired) electrons. The van der Waals surface area contributed by atoms with E-state index in [9.17, 15) is 4.79 Å². The molecule has 1 heterocycles. The van der Waals surface area contributed by atoms with Crippen molar-refractivity contribution in [2.45, 2.75) is 26.3 Å². The van der Waals surface area contributed by atoms with Gasteiger partial charge in [0.05, 0.1) is 11.4 Å². The molecule has 0 saturated carbocycles. The van der Waals surface area contributed by atoms with Crippen LogP contribution in [0.2, 0.25) is 5.02 Å². The van der Waals surface area contributed by atoms with Crippen molar-refractivity contribution in [3.63, 3.8) is 0 Å². The summed E-state index contributed by atoms with van der Waals surface area (Å²) in [6, 6.07) is 15.0. The monoisotopic (exact) mass is 326 g/mol. The van der Waals surface area contributed by atoms with Gasteiger partial charge in [-0.25, -0.2) is 0 Å². The van der Waals surface area contributed by atoms with E-state index in [2.05, 4.69) is 19.2 Å². The summed E-state index contributed by atoms with van der Waals surface area (Å²) in [5.74, 6) is 0.324. The molecule has 1 aliphatic heterocycles. The quantitative estimate of drug-likeness (QED) is 0.883. The third-order valence-electron chi connectivity index (χ3n) is 3.82. The van der Waals surface area contributed by atoms with E-state index in [0.29, 0.717) is 17.4 Å². The number of benzene rings is 2. The van der Waals surface area contributed by atoms with Crippen LogP contribution in [0.4, 0.5) is 5.69 Å². The first-order valence-corrected chi connectivity index (χ1v) is 8.16. The van der Waals surface area contributed by atoms with Crippen LogP contribution in [0.1, 0.15) is 31.4 Å². The van der Waals surface area contributed by atoms with Crippen molar-refractivity contribution in [1.29, 1.82) is 0 Å². The van der Waals surface area contributed by atoms with Crippen molar-refractivity contribution in [3.8, 4) is 0 Å². The van der Waals surface area contributed by atoms with Gasteiger partial charge in [-0.3, -0.25) is 9.79 Å². The maximum absolute atomic E-state index is 12.5. The minimum atomic E-state index is -0.392. The van der Waals surface area contributed by atoms with Crippen LogP contribution in [0.5, 0.6) is 0 Å². The van der Waals surface area contributed by atoms with Gasteiger partial charge in [-0.05, 0) is 30.5 Å². The number of hydrogen-bond acceptors (Lipinski definition) is 2. The summed E-state index contributed by atoms with van der Waals surface area (Å²) in [4.78, 5) is 17.3. The van der Waals surface area contributed by atoms with Gasteiger partial charge in [0.1, 0.15) is 6.04 Å². The highest BCUT2D eigenvalue weighted by Gasteiger charge is 2.26. The SMILES string of the molecule is CC(C)C[C@@H]1N=C(c2ccccc2)c2cc(Cl)ccc2NC1=O. The Balaban J connectivity index is 2.16. The summed E-state index contributed by atoms with van der Waals surface area (Å²) < 4.78 is 0. The summed E-state index contributed by atoms with van der Waals surface area (Å²) in [5, 5.41) is 3.62. The fourth-order valence-corrected chi connectivity index (χ4v) is 2.93. The second kappa shape index (κ2) is 6.55. The van der Waals surface area contributed by atoms with Crippen LogP contribution < -0.4 is 5.32 Å². The van der Waals surface area contributed by atoms with Gasteiger partial charge in [0, 0.05) is 16.1 Å². The van der Waals surface area contributed by atoms with E-state index in [1.807, 2.05) is 42.5 Å². The van der Waals surface area contributed by atoms with Gasteiger partial charge in [0.15, 0.2) is 0 Å². The van der Waals surface area contributed by atoms with Crippen LogP contribution in [0, 0.1) is 5.92 Å². The number of hydrogen-bond donors (Lipinski definition) is 1. The van der Waals surface area contributed by atoms with E-state index >= 15 is 0 Å². The number of fused-ring (bicyclic) bond motifs is 1. The molecule has 1 aliphatic rings. The molecule has 1 amide bonds. The zero-order valence-electron chi connectivity index (χ0n) is 13.2. The second-order valence-corrected chi connectivity index (χ2v) is 6.60. The fourth-order valence-electron chi connectivity index (χ4n) is 2.75. The van der Waals surface area contributed by atoms with Crippen molar-refractivity contribution in [2.75, 3.05) is 5.32 Å². The molecule has 0 unspecified atom stereocenters. The molecule has 3 rings (SSSR count). The van der Waals surface area contributed by atoms with E-state index in [0.717, 1.165) is 22.5 Å². The first kappa shape index (κ1) is 15.8. The van der Waals surface area contributed by atoms with E-state index in [-0.39, 0.29) is 5.91 Å². The Labute approximate surface area is 141 Å². The molecule has 23 heavy (non-hydrogen) atoms. The topological polar surface area (TPSA) is 41.5 Å². The Morgan fingerprint density at radius 2 is 1.91 bits per heavy atom. The Morgan fingerprint density at radius 3 is 2.61 bits per heavy atom. The van der Waals surface area contributed by atoms with E-state index in [4.69, 9.17) is 16.6 Å². The van der Waals surface area contributed by atoms with Gasteiger partial charge in [-0.15, -0.1) is 0 Å². The number of anilines is 1. The molecule has 1 atom stereocenters. The number of benzodiazepines with no additional fused rings is 1. The van der Waals surface area contributed by atoms with Crippen LogP contribution in [0.15, 0.2) is 53.5 Å². The molecule has 0 fully saturated rings. The third-order valence-corrected chi connectivity index (χ3v) is 4.06. The van der Waals surface area contributed by atoms with Gasteiger partial charge in [0.2, 0.25) is 5.91 Å². The number of rotatable bonds is 3. The Morgan fingerprint density at radius 1 is 1.17 bits per heavy atom. The maximum atomic E-state index is 12.5. The Bertz CT molecular complexity index is 753. The number of carbonyl (C=O) groups excluding carboxylic acids is 1. The molecule has 0 aliphatic carbocycles. The summed E-state index contributed by atoms with van der Waals surface area (Å²) in [6.07, 6.45) is 0.712. The number of carbonyl (C=O) groups is 1. The zero-order valence-corrected chi connectivity index (χ0v) is 14.0. The average molecular weight is 327 g/mol. The number of amides is 1. The largest absolute Gasteiger partial charge is 0.324 e. The van der Waals surface area contributed by atoms with Crippen LogP contribution >= 0.6 is 11.6 Å². The van der Waals surface area contributed by atoms with Gasteiger partial charge < -0.3 is 5.32 Å². The van der Waals surface area contributed by atoms with Crippen LogP contribution in [-0.2, 0) is 4.79 Å². The molecule has 2 aromatic carbocycles. The van der Waals surface area contributed by atoms with Crippen LogP contribution in [0.3, 0.4) is 0 Å². The molecule has 118 valence electrons. The molecule has 0 saturated heterocycles. The van der Waals surface area contributed by atoms with Gasteiger partial charge in [-0.1, -0.05) is 55.8 Å². The molecular weight excluding hydrogens is 308 g/mol. The average Bonchev–Trinajstić information content (AvgIpc) is 2.65. The van der Waals surface area contributed by atoms with Crippen molar-refractivity contribution in [3.05, 3.63) is 64.7 Å². The molecule has 3 nitrogen and oxygen atoms in total. The molecule has 4 heteroatoms. The maximum Gasteiger partial charge on any atom is 0.249 e.